The van der Waals surface area contributed by atoms with E-state index in [4.69, 9.17) is 16.0 Å². The third-order valence-electron chi connectivity index (χ3n) is 3.83. The topological polar surface area (TPSA) is 70.8 Å². The highest BCUT2D eigenvalue weighted by atomic mass is 35.5. The number of furan rings is 1. The first-order valence-corrected chi connectivity index (χ1v) is 7.14. The minimum absolute atomic E-state index is 0.156. The van der Waals surface area contributed by atoms with Crippen molar-refractivity contribution in [1.29, 1.82) is 0 Å². The number of carbonyl (C=O) groups is 2. The van der Waals surface area contributed by atoms with Gasteiger partial charge in [0.2, 0.25) is 0 Å². The van der Waals surface area contributed by atoms with Gasteiger partial charge in [-0.2, -0.15) is 0 Å². The van der Waals surface area contributed by atoms with E-state index in [9.17, 15) is 14.7 Å². The number of amides is 1. The Kier molecular flexibility index (Phi) is 4.38. The van der Waals surface area contributed by atoms with E-state index >= 15 is 0 Å². The van der Waals surface area contributed by atoms with E-state index in [0.29, 0.717) is 25.8 Å². The largest absolute Gasteiger partial charge is 0.481 e. The van der Waals surface area contributed by atoms with E-state index in [0.717, 1.165) is 6.42 Å². The Hall–Kier alpha value is -1.49. The number of aliphatic carboxylic acids is 1. The molecular formula is C14H18ClNO4. The summed E-state index contributed by atoms with van der Waals surface area (Å²) in [6, 6.07) is 3.02. The molecule has 1 N–H and O–H groups in total. The summed E-state index contributed by atoms with van der Waals surface area (Å²) in [6.07, 6.45) is 2.65. The highest BCUT2D eigenvalue weighted by Crippen LogP contribution is 2.35. The Labute approximate surface area is 122 Å². The maximum Gasteiger partial charge on any atom is 0.311 e. The second kappa shape index (κ2) is 5.87. The lowest BCUT2D eigenvalue weighted by Gasteiger charge is -2.39. The minimum atomic E-state index is -0.834. The van der Waals surface area contributed by atoms with Crippen molar-refractivity contribution in [2.75, 3.05) is 13.1 Å². The molecule has 1 aromatic rings. The van der Waals surface area contributed by atoms with E-state index in [1.165, 1.54) is 12.1 Å². The maximum atomic E-state index is 12.3. The molecular weight excluding hydrogens is 282 g/mol. The summed E-state index contributed by atoms with van der Waals surface area (Å²) < 4.78 is 5.11. The number of piperidine rings is 1. The molecule has 1 aromatic heterocycles. The number of halogens is 1. The third-order valence-corrected chi connectivity index (χ3v) is 4.03. The van der Waals surface area contributed by atoms with Gasteiger partial charge in [-0.25, -0.2) is 0 Å². The molecule has 1 fully saturated rings. The number of hydrogen-bond acceptors (Lipinski definition) is 3. The van der Waals surface area contributed by atoms with E-state index in [1.54, 1.807) is 4.90 Å². The Balaban J connectivity index is 2.17. The molecule has 1 aliphatic rings. The first kappa shape index (κ1) is 14.9. The van der Waals surface area contributed by atoms with Crippen LogP contribution in [-0.2, 0) is 4.79 Å². The lowest BCUT2D eigenvalue weighted by molar-refractivity contribution is -0.152. The second-order valence-electron chi connectivity index (χ2n) is 5.27. The number of carboxylic acid groups (broad SMARTS) is 1. The van der Waals surface area contributed by atoms with Gasteiger partial charge in [-0.3, -0.25) is 9.59 Å². The van der Waals surface area contributed by atoms with E-state index in [2.05, 4.69) is 0 Å². The highest BCUT2D eigenvalue weighted by Gasteiger charge is 2.43. The first-order valence-electron chi connectivity index (χ1n) is 6.76. The molecule has 1 unspecified atom stereocenters. The number of carboxylic acids is 1. The second-order valence-corrected chi connectivity index (χ2v) is 5.64. The van der Waals surface area contributed by atoms with Crippen molar-refractivity contribution in [2.24, 2.45) is 5.41 Å². The van der Waals surface area contributed by atoms with Crippen LogP contribution >= 0.6 is 11.6 Å². The third kappa shape index (κ3) is 2.82. The summed E-state index contributed by atoms with van der Waals surface area (Å²) in [4.78, 5) is 25.5. The van der Waals surface area contributed by atoms with Gasteiger partial charge >= 0.3 is 5.97 Å². The average Bonchev–Trinajstić information content (AvgIpc) is 2.85. The summed E-state index contributed by atoms with van der Waals surface area (Å²) in [5.74, 6) is -0.958. The molecule has 6 heteroatoms. The number of carbonyl (C=O) groups excluding carboxylic acids is 1. The molecule has 0 bridgehead atoms. The standard InChI is InChI=1S/C14H18ClNO4/c1-2-6-14(13(18)19)7-3-8-16(9-14)12(17)10-4-5-11(15)20-10/h4-5H,2-3,6-9H2,1H3,(H,18,19). The molecule has 5 nitrogen and oxygen atoms in total. The van der Waals surface area contributed by atoms with Gasteiger partial charge in [0.1, 0.15) is 0 Å². The molecule has 2 rings (SSSR count). The van der Waals surface area contributed by atoms with Crippen molar-refractivity contribution in [2.45, 2.75) is 32.6 Å². The zero-order chi connectivity index (χ0) is 14.8. The van der Waals surface area contributed by atoms with E-state index < -0.39 is 11.4 Å². The lowest BCUT2D eigenvalue weighted by Crippen LogP contribution is -2.49. The molecule has 1 amide bonds. The molecule has 0 aromatic carbocycles. The van der Waals surface area contributed by atoms with Crippen LogP contribution in [0.5, 0.6) is 0 Å². The summed E-state index contributed by atoms with van der Waals surface area (Å²) >= 11 is 5.67. The SMILES string of the molecule is CCCC1(C(=O)O)CCCN(C(=O)c2ccc(Cl)o2)C1. The zero-order valence-electron chi connectivity index (χ0n) is 11.4. The number of hydrogen-bond donors (Lipinski definition) is 1. The predicted octanol–water partition coefficient (Wildman–Crippen LogP) is 3.04. The van der Waals surface area contributed by atoms with Gasteiger partial charge in [-0.05, 0) is 43.0 Å². The van der Waals surface area contributed by atoms with E-state index in [-0.39, 0.29) is 23.4 Å². The fraction of sp³-hybridized carbons (Fsp3) is 0.571. The molecule has 20 heavy (non-hydrogen) atoms. The van der Waals surface area contributed by atoms with Crippen LogP contribution in [0.3, 0.4) is 0 Å². The van der Waals surface area contributed by atoms with Crippen LogP contribution < -0.4 is 0 Å². The maximum absolute atomic E-state index is 12.3. The fourth-order valence-electron chi connectivity index (χ4n) is 2.85. The molecule has 110 valence electrons. The van der Waals surface area contributed by atoms with Crippen molar-refractivity contribution in [3.63, 3.8) is 0 Å². The van der Waals surface area contributed by atoms with Crippen molar-refractivity contribution < 1.29 is 19.1 Å². The van der Waals surface area contributed by atoms with Gasteiger partial charge in [-0.15, -0.1) is 0 Å². The number of nitrogens with zero attached hydrogens (tertiary/aromatic N) is 1. The molecule has 1 atom stereocenters. The Morgan fingerprint density at radius 3 is 2.80 bits per heavy atom. The normalized spacial score (nSPS) is 22.8. The van der Waals surface area contributed by atoms with Gasteiger partial charge in [-0.1, -0.05) is 13.3 Å². The summed E-state index contributed by atoms with van der Waals surface area (Å²) in [5, 5.41) is 9.67. The molecule has 1 aliphatic heterocycles. The van der Waals surface area contributed by atoms with E-state index in [1.807, 2.05) is 6.92 Å². The number of likely N-dealkylation sites (tertiary alicyclic amines) is 1. The van der Waals surface area contributed by atoms with Crippen LogP contribution in [0.4, 0.5) is 0 Å². The van der Waals surface area contributed by atoms with Crippen LogP contribution in [-0.4, -0.2) is 35.0 Å². The van der Waals surface area contributed by atoms with Crippen molar-refractivity contribution in [1.82, 2.24) is 4.90 Å². The molecule has 0 radical (unpaired) electrons. The molecule has 2 heterocycles. The smallest absolute Gasteiger partial charge is 0.311 e. The van der Waals surface area contributed by atoms with Crippen LogP contribution in [0.2, 0.25) is 5.22 Å². The average molecular weight is 300 g/mol. The van der Waals surface area contributed by atoms with Crippen LogP contribution in [0.1, 0.15) is 43.2 Å². The van der Waals surface area contributed by atoms with Gasteiger partial charge in [0, 0.05) is 13.1 Å². The molecule has 0 saturated carbocycles. The van der Waals surface area contributed by atoms with Gasteiger partial charge in [0.05, 0.1) is 5.41 Å². The van der Waals surface area contributed by atoms with Gasteiger partial charge in [0.15, 0.2) is 11.0 Å². The number of rotatable bonds is 4. The predicted molar refractivity (Wildman–Crippen MR) is 73.8 cm³/mol. The van der Waals surface area contributed by atoms with Crippen molar-refractivity contribution in [3.05, 3.63) is 23.1 Å². The van der Waals surface area contributed by atoms with Crippen LogP contribution in [0.25, 0.3) is 0 Å². The van der Waals surface area contributed by atoms with Gasteiger partial charge < -0.3 is 14.4 Å². The monoisotopic (exact) mass is 299 g/mol. The Morgan fingerprint density at radius 2 is 2.25 bits per heavy atom. The lowest BCUT2D eigenvalue weighted by atomic mass is 9.76. The summed E-state index contributed by atoms with van der Waals surface area (Å²) in [7, 11) is 0. The highest BCUT2D eigenvalue weighted by molar-refractivity contribution is 6.29. The summed E-state index contributed by atoms with van der Waals surface area (Å²) in [6.45, 7) is 2.74. The minimum Gasteiger partial charge on any atom is -0.481 e. The fourth-order valence-corrected chi connectivity index (χ4v) is 3.00. The Bertz CT molecular complexity index is 509. The van der Waals surface area contributed by atoms with Crippen LogP contribution in [0, 0.1) is 5.41 Å². The molecule has 1 saturated heterocycles. The summed E-state index contributed by atoms with van der Waals surface area (Å²) in [5.41, 5.74) is -0.834. The van der Waals surface area contributed by atoms with Crippen LogP contribution in [0.15, 0.2) is 16.5 Å². The van der Waals surface area contributed by atoms with Crippen molar-refractivity contribution >= 4 is 23.5 Å². The Morgan fingerprint density at radius 1 is 1.50 bits per heavy atom. The van der Waals surface area contributed by atoms with Crippen molar-refractivity contribution in [3.8, 4) is 0 Å². The zero-order valence-corrected chi connectivity index (χ0v) is 12.2. The first-order chi connectivity index (χ1) is 9.48. The van der Waals surface area contributed by atoms with Gasteiger partial charge in [0.25, 0.3) is 5.91 Å². The molecule has 0 aliphatic carbocycles. The quantitative estimate of drug-likeness (QED) is 0.927. The molecule has 0 spiro atoms.